The zero-order chi connectivity index (χ0) is 20.8. The van der Waals surface area contributed by atoms with Crippen LogP contribution in [0.15, 0.2) is 0 Å². The van der Waals surface area contributed by atoms with Crippen molar-refractivity contribution in [3.63, 3.8) is 0 Å². The number of carbonyl (C=O) groups excluding carboxylic acids is 4. The largest absolute Gasteiger partial charge is 0.354 e. The third-order valence-electron chi connectivity index (χ3n) is 4.19. The standard InChI is InChI=1S/C18H35N5O4/c1-5-13(24)8-6-10-21-16(25)14(9-7-11-22-18(19)27)23-17(26)15(20-4)12(2)3/h12,14-15,20H,5-11H2,1-4H3,(H,21,25)(H,23,26)(H3,19,22,27). The maximum atomic E-state index is 12.5. The lowest BCUT2D eigenvalue weighted by Crippen LogP contribution is -2.53. The fourth-order valence-corrected chi connectivity index (χ4v) is 2.61. The molecule has 0 rings (SSSR count). The van der Waals surface area contributed by atoms with Crippen LogP contribution < -0.4 is 27.0 Å². The maximum absolute atomic E-state index is 12.5. The van der Waals surface area contributed by atoms with Gasteiger partial charge in [0.25, 0.3) is 0 Å². The number of likely N-dealkylation sites (N-methyl/N-ethyl adjacent to an activating group) is 1. The highest BCUT2D eigenvalue weighted by molar-refractivity contribution is 5.89. The lowest BCUT2D eigenvalue weighted by molar-refractivity contribution is -0.130. The second-order valence-electron chi connectivity index (χ2n) is 6.79. The maximum Gasteiger partial charge on any atom is 0.312 e. The van der Waals surface area contributed by atoms with E-state index in [1.54, 1.807) is 14.0 Å². The summed E-state index contributed by atoms with van der Waals surface area (Å²) in [5.74, 6) is -0.336. The second kappa shape index (κ2) is 14.0. The topological polar surface area (TPSA) is 142 Å². The van der Waals surface area contributed by atoms with Crippen molar-refractivity contribution in [2.75, 3.05) is 20.1 Å². The van der Waals surface area contributed by atoms with E-state index in [4.69, 9.17) is 5.73 Å². The molecule has 27 heavy (non-hydrogen) atoms. The molecule has 0 bridgehead atoms. The Morgan fingerprint density at radius 1 is 0.963 bits per heavy atom. The first-order valence-electron chi connectivity index (χ1n) is 9.53. The van der Waals surface area contributed by atoms with Crippen molar-refractivity contribution in [2.24, 2.45) is 11.7 Å². The van der Waals surface area contributed by atoms with Gasteiger partial charge >= 0.3 is 6.03 Å². The van der Waals surface area contributed by atoms with Crippen LogP contribution in [-0.2, 0) is 14.4 Å². The number of primary amides is 1. The van der Waals surface area contributed by atoms with E-state index in [1.807, 2.05) is 13.8 Å². The summed E-state index contributed by atoms with van der Waals surface area (Å²) < 4.78 is 0. The summed E-state index contributed by atoms with van der Waals surface area (Å²) in [6.07, 6.45) is 2.32. The van der Waals surface area contributed by atoms with Gasteiger partial charge in [-0.1, -0.05) is 20.8 Å². The fourth-order valence-electron chi connectivity index (χ4n) is 2.61. The number of ketones is 1. The van der Waals surface area contributed by atoms with Gasteiger partial charge in [0, 0.05) is 25.9 Å². The van der Waals surface area contributed by atoms with Gasteiger partial charge in [0.05, 0.1) is 6.04 Å². The van der Waals surface area contributed by atoms with Crippen LogP contribution in [0.5, 0.6) is 0 Å². The molecule has 0 aromatic heterocycles. The van der Waals surface area contributed by atoms with E-state index >= 15 is 0 Å². The van der Waals surface area contributed by atoms with Gasteiger partial charge in [-0.15, -0.1) is 0 Å². The summed E-state index contributed by atoms with van der Waals surface area (Å²) in [5, 5.41) is 10.9. The van der Waals surface area contributed by atoms with Gasteiger partial charge in [-0.05, 0) is 32.2 Å². The Balaban J connectivity index is 4.70. The number of Topliss-reactive ketones (excluding diaryl/α,β-unsaturated/α-hetero) is 1. The first-order chi connectivity index (χ1) is 12.7. The van der Waals surface area contributed by atoms with Crippen molar-refractivity contribution in [3.05, 3.63) is 0 Å². The molecule has 0 aliphatic carbocycles. The molecule has 156 valence electrons. The van der Waals surface area contributed by atoms with Crippen molar-refractivity contribution in [3.8, 4) is 0 Å². The van der Waals surface area contributed by atoms with Gasteiger partial charge in [-0.2, -0.15) is 0 Å². The van der Waals surface area contributed by atoms with Crippen LogP contribution >= 0.6 is 0 Å². The summed E-state index contributed by atoms with van der Waals surface area (Å²) in [6, 6.07) is -1.76. The minimum atomic E-state index is -0.719. The van der Waals surface area contributed by atoms with Crippen molar-refractivity contribution in [1.29, 1.82) is 0 Å². The molecular weight excluding hydrogens is 350 g/mol. The number of carbonyl (C=O) groups is 4. The van der Waals surface area contributed by atoms with Crippen LogP contribution in [0.2, 0.25) is 0 Å². The van der Waals surface area contributed by atoms with E-state index in [1.165, 1.54) is 0 Å². The van der Waals surface area contributed by atoms with Crippen LogP contribution in [0.3, 0.4) is 0 Å². The monoisotopic (exact) mass is 385 g/mol. The summed E-state index contributed by atoms with van der Waals surface area (Å²) in [7, 11) is 1.70. The van der Waals surface area contributed by atoms with Gasteiger partial charge in [0.1, 0.15) is 11.8 Å². The fraction of sp³-hybridized carbons (Fsp3) is 0.778. The predicted molar refractivity (Wildman–Crippen MR) is 104 cm³/mol. The SMILES string of the molecule is CCC(=O)CCCNC(=O)C(CCCNC(N)=O)NC(=O)C(NC)C(C)C. The Bertz CT molecular complexity index is 496. The zero-order valence-corrected chi connectivity index (χ0v) is 16.9. The predicted octanol–water partition coefficient (Wildman–Crippen LogP) is 0.0392. The van der Waals surface area contributed by atoms with E-state index in [2.05, 4.69) is 21.3 Å². The smallest absolute Gasteiger partial charge is 0.312 e. The molecule has 0 aromatic rings. The third-order valence-corrected chi connectivity index (χ3v) is 4.19. The molecule has 0 aromatic carbocycles. The molecule has 0 spiro atoms. The van der Waals surface area contributed by atoms with Crippen molar-refractivity contribution >= 4 is 23.6 Å². The zero-order valence-electron chi connectivity index (χ0n) is 16.9. The van der Waals surface area contributed by atoms with Crippen molar-refractivity contribution < 1.29 is 19.2 Å². The molecule has 2 atom stereocenters. The summed E-state index contributed by atoms with van der Waals surface area (Å²) in [6.45, 7) is 6.32. The molecule has 0 fully saturated rings. The third kappa shape index (κ3) is 11.2. The Labute approximate surface area is 161 Å². The molecule has 6 N–H and O–H groups in total. The van der Waals surface area contributed by atoms with E-state index in [9.17, 15) is 19.2 Å². The van der Waals surface area contributed by atoms with Crippen LogP contribution in [0.4, 0.5) is 4.79 Å². The Morgan fingerprint density at radius 3 is 2.11 bits per heavy atom. The molecule has 0 saturated heterocycles. The number of hydrogen-bond acceptors (Lipinski definition) is 5. The number of hydrogen-bond donors (Lipinski definition) is 5. The van der Waals surface area contributed by atoms with E-state index in [0.717, 1.165) is 0 Å². The lowest BCUT2D eigenvalue weighted by Gasteiger charge is -2.24. The lowest BCUT2D eigenvalue weighted by atomic mass is 10.0. The van der Waals surface area contributed by atoms with E-state index < -0.39 is 18.1 Å². The minimum Gasteiger partial charge on any atom is -0.354 e. The van der Waals surface area contributed by atoms with Gasteiger partial charge in [0.2, 0.25) is 11.8 Å². The highest BCUT2D eigenvalue weighted by Gasteiger charge is 2.26. The highest BCUT2D eigenvalue weighted by Crippen LogP contribution is 2.04. The molecule has 2 unspecified atom stereocenters. The molecule has 0 radical (unpaired) electrons. The Kier molecular flexibility index (Phi) is 12.8. The molecular formula is C18H35N5O4. The van der Waals surface area contributed by atoms with Crippen molar-refractivity contribution in [1.82, 2.24) is 21.3 Å². The summed E-state index contributed by atoms with van der Waals surface area (Å²) >= 11 is 0. The average molecular weight is 386 g/mol. The van der Waals surface area contributed by atoms with Gasteiger partial charge in [-0.25, -0.2) is 4.79 Å². The normalized spacial score (nSPS) is 12.9. The number of rotatable bonds is 14. The van der Waals surface area contributed by atoms with Gasteiger partial charge < -0.3 is 27.0 Å². The Hall–Kier alpha value is -2.16. The number of nitrogens with one attached hydrogen (secondary N) is 4. The summed E-state index contributed by atoms with van der Waals surface area (Å²) in [4.78, 5) is 47.0. The molecule has 0 heterocycles. The molecule has 0 saturated carbocycles. The second-order valence-corrected chi connectivity index (χ2v) is 6.79. The molecule has 0 aliphatic heterocycles. The van der Waals surface area contributed by atoms with E-state index in [-0.39, 0.29) is 23.5 Å². The minimum absolute atomic E-state index is 0.0651. The van der Waals surface area contributed by atoms with Gasteiger partial charge in [-0.3, -0.25) is 14.4 Å². The van der Waals surface area contributed by atoms with Crippen LogP contribution in [0, 0.1) is 5.92 Å². The average Bonchev–Trinajstić information content (AvgIpc) is 2.60. The van der Waals surface area contributed by atoms with Crippen LogP contribution in [-0.4, -0.2) is 55.8 Å². The molecule has 9 nitrogen and oxygen atoms in total. The number of amides is 4. The Morgan fingerprint density at radius 2 is 1.59 bits per heavy atom. The number of nitrogens with two attached hydrogens (primary N) is 1. The molecule has 4 amide bonds. The van der Waals surface area contributed by atoms with Gasteiger partial charge in [0.15, 0.2) is 0 Å². The highest BCUT2D eigenvalue weighted by atomic mass is 16.2. The first-order valence-corrected chi connectivity index (χ1v) is 9.53. The van der Waals surface area contributed by atoms with Crippen LogP contribution in [0.25, 0.3) is 0 Å². The molecule has 0 aliphatic rings. The first kappa shape index (κ1) is 24.8. The van der Waals surface area contributed by atoms with Crippen molar-refractivity contribution in [2.45, 2.75) is 65.0 Å². The summed E-state index contributed by atoms with van der Waals surface area (Å²) in [5.41, 5.74) is 5.02. The quantitative estimate of drug-likeness (QED) is 0.268. The molecule has 9 heteroatoms. The van der Waals surface area contributed by atoms with Crippen LogP contribution in [0.1, 0.15) is 52.9 Å². The van der Waals surface area contributed by atoms with E-state index in [0.29, 0.717) is 45.2 Å². The number of urea groups is 1.